The normalized spacial score (nSPS) is 10.3. The van der Waals surface area contributed by atoms with Gasteiger partial charge < -0.3 is 16.0 Å². The number of rotatable bonds is 9. The lowest BCUT2D eigenvalue weighted by Crippen LogP contribution is -2.29. The number of hydrogen-bond acceptors (Lipinski definition) is 2. The zero-order chi connectivity index (χ0) is 19.5. The maximum absolute atomic E-state index is 12.1. The Balaban J connectivity index is 1.68. The second-order valence-corrected chi connectivity index (χ2v) is 7.25. The summed E-state index contributed by atoms with van der Waals surface area (Å²) in [5, 5.41) is 8.47. The molecule has 2 aromatic carbocycles. The Morgan fingerprint density at radius 1 is 0.963 bits per heavy atom. The van der Waals surface area contributed by atoms with Crippen molar-refractivity contribution >= 4 is 33.6 Å². The van der Waals surface area contributed by atoms with Gasteiger partial charge in [0, 0.05) is 23.2 Å². The first kappa shape index (κ1) is 21.0. The number of benzene rings is 2. The van der Waals surface area contributed by atoms with Crippen molar-refractivity contribution in [1.82, 2.24) is 10.6 Å². The van der Waals surface area contributed by atoms with Crippen LogP contribution in [0.1, 0.15) is 30.9 Å². The summed E-state index contributed by atoms with van der Waals surface area (Å²) in [7, 11) is 0. The number of amides is 3. The van der Waals surface area contributed by atoms with E-state index in [4.69, 9.17) is 0 Å². The average Bonchev–Trinajstić information content (AvgIpc) is 2.65. The molecule has 0 saturated heterocycles. The van der Waals surface area contributed by atoms with Gasteiger partial charge in [0.05, 0.1) is 6.42 Å². The maximum Gasteiger partial charge on any atom is 0.319 e. The van der Waals surface area contributed by atoms with Gasteiger partial charge in [0.1, 0.15) is 0 Å². The molecule has 144 valence electrons. The molecule has 0 unspecified atom stereocenters. The molecule has 0 spiro atoms. The minimum Gasteiger partial charge on any atom is -0.356 e. The van der Waals surface area contributed by atoms with Crippen LogP contribution in [0.4, 0.5) is 10.5 Å². The Morgan fingerprint density at radius 3 is 2.44 bits per heavy atom. The maximum atomic E-state index is 12.1. The van der Waals surface area contributed by atoms with E-state index in [-0.39, 0.29) is 11.9 Å². The van der Waals surface area contributed by atoms with Gasteiger partial charge in [-0.3, -0.25) is 4.79 Å². The van der Waals surface area contributed by atoms with E-state index in [2.05, 4.69) is 44.0 Å². The largest absolute Gasteiger partial charge is 0.356 e. The smallest absolute Gasteiger partial charge is 0.319 e. The van der Waals surface area contributed by atoms with E-state index in [9.17, 15) is 9.59 Å². The van der Waals surface area contributed by atoms with Gasteiger partial charge in [-0.25, -0.2) is 4.79 Å². The monoisotopic (exact) mass is 431 g/mol. The zero-order valence-electron chi connectivity index (χ0n) is 15.6. The molecule has 2 aromatic rings. The Hall–Kier alpha value is -2.34. The summed E-state index contributed by atoms with van der Waals surface area (Å²) in [5.41, 5.74) is 2.88. The average molecular weight is 432 g/mol. The topological polar surface area (TPSA) is 70.2 Å². The van der Waals surface area contributed by atoms with Crippen LogP contribution in [-0.2, 0) is 17.6 Å². The van der Waals surface area contributed by atoms with E-state index < -0.39 is 0 Å². The molecule has 0 bridgehead atoms. The molecular formula is C21H26BrN3O2. The summed E-state index contributed by atoms with van der Waals surface area (Å²) >= 11 is 3.46. The third-order valence-corrected chi connectivity index (χ3v) is 4.46. The van der Waals surface area contributed by atoms with Gasteiger partial charge in [0.25, 0.3) is 0 Å². The Kier molecular flexibility index (Phi) is 8.84. The molecule has 0 fully saturated rings. The highest BCUT2D eigenvalue weighted by atomic mass is 79.9. The van der Waals surface area contributed by atoms with Crippen molar-refractivity contribution in [2.45, 2.75) is 32.6 Å². The lowest BCUT2D eigenvalue weighted by Gasteiger charge is -2.08. The summed E-state index contributed by atoms with van der Waals surface area (Å²) in [6.45, 7) is 3.30. The predicted octanol–water partition coefficient (Wildman–Crippen LogP) is 4.27. The summed E-state index contributed by atoms with van der Waals surface area (Å²) in [4.78, 5) is 23.7. The van der Waals surface area contributed by atoms with Crippen molar-refractivity contribution in [3.8, 4) is 0 Å². The highest BCUT2D eigenvalue weighted by Crippen LogP contribution is 2.13. The van der Waals surface area contributed by atoms with Crippen molar-refractivity contribution in [2.75, 3.05) is 18.4 Å². The molecule has 0 aliphatic carbocycles. The Labute approximate surface area is 169 Å². The van der Waals surface area contributed by atoms with Crippen LogP contribution in [-0.4, -0.2) is 25.0 Å². The number of aryl methyl sites for hydroxylation is 1. The van der Waals surface area contributed by atoms with Crippen LogP contribution in [0.25, 0.3) is 0 Å². The lowest BCUT2D eigenvalue weighted by molar-refractivity contribution is -0.120. The third-order valence-electron chi connectivity index (χ3n) is 3.97. The number of carbonyl (C=O) groups excluding carboxylic acids is 2. The van der Waals surface area contributed by atoms with Crippen LogP contribution < -0.4 is 16.0 Å². The number of carbonyl (C=O) groups is 2. The number of nitrogens with one attached hydrogen (secondary N) is 3. The van der Waals surface area contributed by atoms with E-state index in [1.54, 1.807) is 12.1 Å². The molecule has 0 heterocycles. The third kappa shape index (κ3) is 8.26. The first-order valence-corrected chi connectivity index (χ1v) is 10.0. The van der Waals surface area contributed by atoms with Crippen LogP contribution in [0.5, 0.6) is 0 Å². The van der Waals surface area contributed by atoms with Crippen molar-refractivity contribution < 1.29 is 9.59 Å². The van der Waals surface area contributed by atoms with E-state index in [1.165, 1.54) is 5.56 Å². The fourth-order valence-electron chi connectivity index (χ4n) is 2.58. The van der Waals surface area contributed by atoms with E-state index in [0.717, 1.165) is 29.3 Å². The molecule has 3 N–H and O–H groups in total. The summed E-state index contributed by atoms with van der Waals surface area (Å²) in [6.07, 6.45) is 3.06. The summed E-state index contributed by atoms with van der Waals surface area (Å²) < 4.78 is 1.07. The second kappa shape index (κ2) is 11.4. The highest BCUT2D eigenvalue weighted by molar-refractivity contribution is 9.10. The molecule has 0 aliphatic heterocycles. The first-order chi connectivity index (χ1) is 13.1. The van der Waals surface area contributed by atoms with Gasteiger partial charge in [-0.05, 0) is 54.7 Å². The van der Waals surface area contributed by atoms with E-state index in [1.807, 2.05) is 31.2 Å². The van der Waals surface area contributed by atoms with Crippen molar-refractivity contribution in [2.24, 2.45) is 0 Å². The number of hydrogen-bond donors (Lipinski definition) is 3. The highest BCUT2D eigenvalue weighted by Gasteiger charge is 2.05. The molecule has 27 heavy (non-hydrogen) atoms. The van der Waals surface area contributed by atoms with Crippen LogP contribution in [0, 0.1) is 0 Å². The standard InChI is InChI=1S/C21H26BrN3O2/c1-2-12-24-21(27)25-19-10-8-17(9-11-19)15-20(26)23-13-4-6-16-5-3-7-18(22)14-16/h3,5,7-11,14H,2,4,6,12-13,15H2,1H3,(H,23,26)(H2,24,25,27). The minimum atomic E-state index is -0.215. The molecule has 0 aliphatic rings. The lowest BCUT2D eigenvalue weighted by atomic mass is 10.1. The Bertz CT molecular complexity index is 747. The predicted molar refractivity (Wildman–Crippen MR) is 113 cm³/mol. The van der Waals surface area contributed by atoms with Crippen molar-refractivity contribution in [3.05, 3.63) is 64.1 Å². The van der Waals surface area contributed by atoms with Gasteiger partial charge in [-0.15, -0.1) is 0 Å². The second-order valence-electron chi connectivity index (χ2n) is 6.34. The quantitative estimate of drug-likeness (QED) is 0.518. The van der Waals surface area contributed by atoms with Gasteiger partial charge in [0.15, 0.2) is 0 Å². The van der Waals surface area contributed by atoms with Gasteiger partial charge in [0.2, 0.25) is 5.91 Å². The number of halogens is 1. The van der Waals surface area contributed by atoms with Crippen LogP contribution >= 0.6 is 15.9 Å². The first-order valence-electron chi connectivity index (χ1n) is 9.21. The fourth-order valence-corrected chi connectivity index (χ4v) is 3.03. The van der Waals surface area contributed by atoms with Crippen LogP contribution in [0.15, 0.2) is 53.0 Å². The van der Waals surface area contributed by atoms with Gasteiger partial charge >= 0.3 is 6.03 Å². The van der Waals surface area contributed by atoms with Crippen LogP contribution in [0.2, 0.25) is 0 Å². The molecule has 0 atom stereocenters. The fraction of sp³-hybridized carbons (Fsp3) is 0.333. The molecule has 0 radical (unpaired) electrons. The molecule has 2 rings (SSSR count). The van der Waals surface area contributed by atoms with Crippen molar-refractivity contribution in [1.29, 1.82) is 0 Å². The Morgan fingerprint density at radius 2 is 1.74 bits per heavy atom. The van der Waals surface area contributed by atoms with Crippen molar-refractivity contribution in [3.63, 3.8) is 0 Å². The zero-order valence-corrected chi connectivity index (χ0v) is 17.1. The molecule has 0 saturated carbocycles. The summed E-state index contributed by atoms with van der Waals surface area (Å²) in [6, 6.07) is 15.3. The van der Waals surface area contributed by atoms with E-state index in [0.29, 0.717) is 25.2 Å². The molecule has 5 nitrogen and oxygen atoms in total. The molecule has 3 amide bonds. The van der Waals surface area contributed by atoms with Crippen LogP contribution in [0.3, 0.4) is 0 Å². The number of urea groups is 1. The van der Waals surface area contributed by atoms with Gasteiger partial charge in [-0.2, -0.15) is 0 Å². The SMILES string of the molecule is CCCNC(=O)Nc1ccc(CC(=O)NCCCc2cccc(Br)c2)cc1. The molecule has 6 heteroatoms. The summed E-state index contributed by atoms with van der Waals surface area (Å²) in [5.74, 6) is 0.00522. The molecular weight excluding hydrogens is 406 g/mol. The molecule has 0 aromatic heterocycles. The van der Waals surface area contributed by atoms with Gasteiger partial charge in [-0.1, -0.05) is 47.1 Å². The number of anilines is 1. The minimum absolute atomic E-state index is 0.00522. The van der Waals surface area contributed by atoms with E-state index >= 15 is 0 Å².